The van der Waals surface area contributed by atoms with Gasteiger partial charge in [0.1, 0.15) is 5.00 Å². The van der Waals surface area contributed by atoms with Crippen molar-refractivity contribution in [1.82, 2.24) is 5.01 Å². The Morgan fingerprint density at radius 2 is 2.26 bits per heavy atom. The van der Waals surface area contributed by atoms with Crippen LogP contribution in [0, 0.1) is 13.8 Å². The molecule has 2 heterocycles. The fourth-order valence-corrected chi connectivity index (χ4v) is 3.75. The van der Waals surface area contributed by atoms with Gasteiger partial charge in [0, 0.05) is 4.88 Å². The Labute approximate surface area is 119 Å². The first kappa shape index (κ1) is 14.2. The number of carbonyl (C=O) groups is 2. The molecule has 1 aliphatic heterocycles. The third-order valence-electron chi connectivity index (χ3n) is 2.93. The van der Waals surface area contributed by atoms with Crippen molar-refractivity contribution < 1.29 is 14.3 Å². The minimum atomic E-state index is -0.462. The number of nitrogens with two attached hydrogens (primary N) is 1. The molecule has 0 fully saturated rings. The van der Waals surface area contributed by atoms with Crippen LogP contribution >= 0.6 is 23.1 Å². The van der Waals surface area contributed by atoms with E-state index in [4.69, 9.17) is 5.84 Å². The zero-order valence-corrected chi connectivity index (χ0v) is 12.5. The maximum absolute atomic E-state index is 12.2. The monoisotopic (exact) mass is 301 g/mol. The highest BCUT2D eigenvalue weighted by atomic mass is 32.2. The highest BCUT2D eigenvalue weighted by Crippen LogP contribution is 2.38. The van der Waals surface area contributed by atoms with Gasteiger partial charge in [-0.25, -0.2) is 10.9 Å². The summed E-state index contributed by atoms with van der Waals surface area (Å²) in [5.41, 5.74) is 1.11. The number of aryl methyl sites for hydroxylation is 1. The van der Waals surface area contributed by atoms with Crippen molar-refractivity contribution in [2.24, 2.45) is 5.84 Å². The lowest BCUT2D eigenvalue weighted by Crippen LogP contribution is -2.51. The number of esters is 1. The number of rotatable bonds is 3. The largest absolute Gasteiger partial charge is 0.468 e. The van der Waals surface area contributed by atoms with Gasteiger partial charge in [-0.3, -0.25) is 9.59 Å². The van der Waals surface area contributed by atoms with E-state index in [0.717, 1.165) is 20.5 Å². The van der Waals surface area contributed by atoms with E-state index in [9.17, 15) is 9.59 Å². The minimum Gasteiger partial charge on any atom is -0.468 e. The van der Waals surface area contributed by atoms with Gasteiger partial charge in [0.25, 0.3) is 5.91 Å². The van der Waals surface area contributed by atoms with Gasteiger partial charge in [-0.05, 0) is 19.4 Å². The Balaban J connectivity index is 2.18. The summed E-state index contributed by atoms with van der Waals surface area (Å²) in [7, 11) is 1.33. The second kappa shape index (κ2) is 5.40. The molecule has 104 valence electrons. The summed E-state index contributed by atoms with van der Waals surface area (Å²) < 4.78 is 4.57. The summed E-state index contributed by atoms with van der Waals surface area (Å²) in [4.78, 5) is 24.4. The van der Waals surface area contributed by atoms with E-state index in [1.807, 2.05) is 13.8 Å². The zero-order chi connectivity index (χ0) is 14.2. The number of hydrogen-bond donors (Lipinski definition) is 2. The number of carbonyl (C=O) groups excluding carboxylic acids is 2. The predicted octanol–water partition coefficient (Wildman–Crippen LogP) is 1.30. The molecule has 0 bridgehead atoms. The minimum absolute atomic E-state index is 0.133. The number of hydrazine groups is 1. The second-order valence-electron chi connectivity index (χ2n) is 4.08. The molecule has 1 aliphatic rings. The first-order chi connectivity index (χ1) is 8.95. The van der Waals surface area contributed by atoms with Gasteiger partial charge < -0.3 is 10.1 Å². The average molecular weight is 301 g/mol. The van der Waals surface area contributed by atoms with Crippen molar-refractivity contribution in [2.75, 3.05) is 18.2 Å². The van der Waals surface area contributed by atoms with Crippen LogP contribution in [0.5, 0.6) is 0 Å². The summed E-state index contributed by atoms with van der Waals surface area (Å²) in [6.07, 6.45) is 0. The van der Waals surface area contributed by atoms with Crippen molar-refractivity contribution in [3.63, 3.8) is 0 Å². The molecular weight excluding hydrogens is 286 g/mol. The summed E-state index contributed by atoms with van der Waals surface area (Å²) in [6, 6.07) is 0. The van der Waals surface area contributed by atoms with Gasteiger partial charge >= 0.3 is 5.97 Å². The molecule has 8 heteroatoms. The smallest absolute Gasteiger partial charge is 0.315 e. The second-order valence-corrected chi connectivity index (χ2v) is 6.38. The van der Waals surface area contributed by atoms with E-state index in [0.29, 0.717) is 5.56 Å². The Morgan fingerprint density at radius 3 is 2.89 bits per heavy atom. The lowest BCUT2D eigenvalue weighted by atomic mass is 10.1. The van der Waals surface area contributed by atoms with Gasteiger partial charge in [0.05, 0.1) is 18.4 Å². The third kappa shape index (κ3) is 2.56. The molecule has 2 rings (SSSR count). The summed E-state index contributed by atoms with van der Waals surface area (Å²) in [5.74, 6) is 5.35. The molecule has 1 aromatic rings. The molecule has 0 saturated carbocycles. The Bertz CT molecular complexity index is 530. The van der Waals surface area contributed by atoms with E-state index < -0.39 is 5.50 Å². The Hall–Kier alpha value is -1.25. The first-order valence-electron chi connectivity index (χ1n) is 5.59. The van der Waals surface area contributed by atoms with Gasteiger partial charge in [0.15, 0.2) is 5.50 Å². The molecule has 0 radical (unpaired) electrons. The van der Waals surface area contributed by atoms with Crippen LogP contribution in [0.1, 0.15) is 20.8 Å². The van der Waals surface area contributed by atoms with Crippen molar-refractivity contribution in [3.8, 4) is 0 Å². The van der Waals surface area contributed by atoms with Gasteiger partial charge in [0.2, 0.25) is 0 Å². The van der Waals surface area contributed by atoms with Gasteiger partial charge in [-0.15, -0.1) is 23.1 Å². The molecule has 0 saturated heterocycles. The topological polar surface area (TPSA) is 84.7 Å². The molecule has 1 aromatic heterocycles. The maximum atomic E-state index is 12.2. The Morgan fingerprint density at radius 1 is 1.58 bits per heavy atom. The van der Waals surface area contributed by atoms with Crippen molar-refractivity contribution in [2.45, 2.75) is 19.3 Å². The number of thioether (sulfide) groups is 1. The van der Waals surface area contributed by atoms with Crippen LogP contribution in [0.15, 0.2) is 0 Å². The number of anilines is 1. The summed E-state index contributed by atoms with van der Waals surface area (Å²) in [5, 5.41) is 5.10. The molecule has 19 heavy (non-hydrogen) atoms. The molecule has 1 amide bonds. The molecule has 1 unspecified atom stereocenters. The van der Waals surface area contributed by atoms with Crippen LogP contribution in [-0.4, -0.2) is 35.2 Å². The molecule has 0 spiro atoms. The van der Waals surface area contributed by atoms with Crippen LogP contribution in [0.25, 0.3) is 0 Å². The zero-order valence-electron chi connectivity index (χ0n) is 10.9. The third-order valence-corrected chi connectivity index (χ3v) is 5.13. The first-order valence-corrected chi connectivity index (χ1v) is 7.45. The van der Waals surface area contributed by atoms with Gasteiger partial charge in [-0.2, -0.15) is 0 Å². The number of thiophene rings is 1. The SMILES string of the molecule is COC(=O)CSC1Nc2sc(C)c(C)c2C(=O)N1N. The number of nitrogens with one attached hydrogen (secondary N) is 1. The number of methoxy groups -OCH3 is 1. The number of hydrogen-bond acceptors (Lipinski definition) is 7. The lowest BCUT2D eigenvalue weighted by Gasteiger charge is -2.32. The van der Waals surface area contributed by atoms with Crippen LogP contribution in [0.2, 0.25) is 0 Å². The van der Waals surface area contributed by atoms with Crippen LogP contribution in [0.3, 0.4) is 0 Å². The van der Waals surface area contributed by atoms with Gasteiger partial charge in [-0.1, -0.05) is 0 Å². The highest BCUT2D eigenvalue weighted by molar-refractivity contribution is 8.00. The van der Waals surface area contributed by atoms with E-state index in [1.54, 1.807) is 0 Å². The molecule has 6 nitrogen and oxygen atoms in total. The quantitative estimate of drug-likeness (QED) is 0.497. The fraction of sp³-hybridized carbons (Fsp3) is 0.455. The van der Waals surface area contributed by atoms with E-state index in [2.05, 4.69) is 10.1 Å². The number of nitrogens with zero attached hydrogens (tertiary/aromatic N) is 1. The van der Waals surface area contributed by atoms with Crippen LogP contribution < -0.4 is 11.2 Å². The molecule has 0 aromatic carbocycles. The van der Waals surface area contributed by atoms with Crippen molar-refractivity contribution in [1.29, 1.82) is 0 Å². The molecule has 3 N–H and O–H groups in total. The van der Waals surface area contributed by atoms with E-state index in [-0.39, 0.29) is 17.6 Å². The van der Waals surface area contributed by atoms with Crippen molar-refractivity contribution in [3.05, 3.63) is 16.0 Å². The van der Waals surface area contributed by atoms with Crippen LogP contribution in [-0.2, 0) is 9.53 Å². The number of fused-ring (bicyclic) bond motifs is 1. The average Bonchev–Trinajstić information content (AvgIpc) is 2.67. The van der Waals surface area contributed by atoms with Crippen LogP contribution in [0.4, 0.5) is 5.00 Å². The fourth-order valence-electron chi connectivity index (χ4n) is 1.73. The molecular formula is C11H15N3O3S2. The normalized spacial score (nSPS) is 18.0. The maximum Gasteiger partial charge on any atom is 0.315 e. The summed E-state index contributed by atoms with van der Waals surface area (Å²) >= 11 is 2.74. The highest BCUT2D eigenvalue weighted by Gasteiger charge is 2.34. The van der Waals surface area contributed by atoms with E-state index in [1.165, 1.54) is 30.2 Å². The Kier molecular flexibility index (Phi) is 4.02. The number of amides is 1. The van der Waals surface area contributed by atoms with Crippen molar-refractivity contribution >= 4 is 40.0 Å². The lowest BCUT2D eigenvalue weighted by molar-refractivity contribution is -0.137. The summed E-state index contributed by atoms with van der Waals surface area (Å²) in [6.45, 7) is 3.87. The molecule has 0 aliphatic carbocycles. The molecule has 1 atom stereocenters. The van der Waals surface area contributed by atoms with E-state index >= 15 is 0 Å². The standard InChI is InChI=1S/C11H15N3O3S2/c1-5-6(2)19-9-8(5)10(16)14(12)11(13-9)18-4-7(15)17-3/h11,13H,4,12H2,1-3H3. The predicted molar refractivity (Wildman–Crippen MR) is 76.0 cm³/mol. The number of ether oxygens (including phenoxy) is 1.